The molecule has 0 aliphatic carbocycles. The number of hydrogen-bond acceptors (Lipinski definition) is 1. The fourth-order valence-electron chi connectivity index (χ4n) is 1.01. The Bertz CT molecular complexity index is 189. The molecule has 0 saturated heterocycles. The Labute approximate surface area is 62.3 Å². The average Bonchev–Trinajstić information content (AvgIpc) is 1.95. The van der Waals surface area contributed by atoms with Crippen LogP contribution >= 0.6 is 0 Å². The van der Waals surface area contributed by atoms with Crippen LogP contribution in [0.25, 0.3) is 0 Å². The van der Waals surface area contributed by atoms with Crippen molar-refractivity contribution in [3.63, 3.8) is 0 Å². The zero-order valence-electron chi connectivity index (χ0n) is 6.54. The molecule has 0 radical (unpaired) electrons. The van der Waals surface area contributed by atoms with E-state index in [9.17, 15) is 0 Å². The largest absolute Gasteiger partial charge is 0.368 e. The summed E-state index contributed by atoms with van der Waals surface area (Å²) in [6.45, 7) is 5.89. The molecule has 0 aromatic rings. The molecule has 0 N–H and O–H groups in total. The zero-order valence-corrected chi connectivity index (χ0v) is 6.54. The number of hydrogen-bond donors (Lipinski definition) is 0. The topological polar surface area (TPSA) is 3.24 Å². The van der Waals surface area contributed by atoms with Gasteiger partial charge in [0.05, 0.1) is 0 Å². The van der Waals surface area contributed by atoms with Gasteiger partial charge in [-0.2, -0.15) is 0 Å². The van der Waals surface area contributed by atoms with Gasteiger partial charge in [-0.1, -0.05) is 18.7 Å². The number of allylic oxidation sites excluding steroid dienone is 3. The molecule has 1 aliphatic rings. The van der Waals surface area contributed by atoms with E-state index in [0.29, 0.717) is 6.04 Å². The Morgan fingerprint density at radius 2 is 2.40 bits per heavy atom. The van der Waals surface area contributed by atoms with Crippen LogP contribution in [-0.2, 0) is 0 Å². The van der Waals surface area contributed by atoms with E-state index in [1.54, 1.807) is 0 Å². The van der Waals surface area contributed by atoms with E-state index in [-0.39, 0.29) is 0 Å². The molecule has 0 fully saturated rings. The predicted molar refractivity (Wildman–Crippen MR) is 44.6 cm³/mol. The van der Waals surface area contributed by atoms with Gasteiger partial charge in [0.15, 0.2) is 0 Å². The maximum Gasteiger partial charge on any atom is 0.0444 e. The lowest BCUT2D eigenvalue weighted by atomic mass is 10.1. The highest BCUT2D eigenvalue weighted by atomic mass is 15.1. The first-order chi connectivity index (χ1) is 4.75. The standard InChI is InChI=1S/C9H13N/c1-4-9-7-5-6-8(2)10(9)3/h4-8H,1H2,2-3H3. The third-order valence-electron chi connectivity index (χ3n) is 1.88. The van der Waals surface area contributed by atoms with Crippen LogP contribution in [0.4, 0.5) is 0 Å². The second kappa shape index (κ2) is 2.74. The van der Waals surface area contributed by atoms with Crippen molar-refractivity contribution >= 4 is 0 Å². The monoisotopic (exact) mass is 135 g/mol. The van der Waals surface area contributed by atoms with Crippen molar-refractivity contribution in [3.8, 4) is 0 Å². The molecule has 10 heavy (non-hydrogen) atoms. The molecule has 0 spiro atoms. The van der Waals surface area contributed by atoms with Crippen LogP contribution in [0.2, 0.25) is 0 Å². The van der Waals surface area contributed by atoms with Crippen molar-refractivity contribution in [2.24, 2.45) is 0 Å². The van der Waals surface area contributed by atoms with Gasteiger partial charge in [-0.05, 0) is 19.1 Å². The number of nitrogens with zero attached hydrogens (tertiary/aromatic N) is 1. The Kier molecular flexibility index (Phi) is 1.95. The van der Waals surface area contributed by atoms with Crippen molar-refractivity contribution < 1.29 is 0 Å². The Morgan fingerprint density at radius 3 is 2.90 bits per heavy atom. The van der Waals surface area contributed by atoms with E-state index in [1.807, 2.05) is 6.08 Å². The summed E-state index contributed by atoms with van der Waals surface area (Å²) in [4.78, 5) is 2.19. The summed E-state index contributed by atoms with van der Waals surface area (Å²) in [6.07, 6.45) is 8.17. The van der Waals surface area contributed by atoms with Crippen LogP contribution in [0.15, 0.2) is 36.6 Å². The molecule has 1 atom stereocenters. The SMILES string of the molecule is C=CC1=CC=CC(C)N1C. The molecule has 1 aliphatic heterocycles. The van der Waals surface area contributed by atoms with E-state index >= 15 is 0 Å². The van der Waals surface area contributed by atoms with Crippen molar-refractivity contribution in [1.29, 1.82) is 0 Å². The minimum atomic E-state index is 0.498. The zero-order chi connectivity index (χ0) is 7.56. The lowest BCUT2D eigenvalue weighted by molar-refractivity contribution is 0.380. The first-order valence-electron chi connectivity index (χ1n) is 3.49. The molecular weight excluding hydrogens is 122 g/mol. The fourth-order valence-corrected chi connectivity index (χ4v) is 1.01. The van der Waals surface area contributed by atoms with Gasteiger partial charge in [-0.3, -0.25) is 0 Å². The highest BCUT2D eigenvalue weighted by molar-refractivity contribution is 5.26. The maximum atomic E-state index is 3.73. The molecule has 1 heterocycles. The number of likely N-dealkylation sites (N-methyl/N-ethyl adjacent to an activating group) is 1. The van der Waals surface area contributed by atoms with Crippen LogP contribution in [0.1, 0.15) is 6.92 Å². The predicted octanol–water partition coefficient (Wildman–Crippen LogP) is 1.95. The lowest BCUT2D eigenvalue weighted by Gasteiger charge is -2.27. The molecular formula is C9H13N. The molecule has 0 amide bonds. The second-order valence-electron chi connectivity index (χ2n) is 2.53. The highest BCUT2D eigenvalue weighted by Crippen LogP contribution is 2.13. The molecule has 0 aromatic carbocycles. The van der Waals surface area contributed by atoms with E-state index in [1.165, 1.54) is 5.70 Å². The van der Waals surface area contributed by atoms with E-state index < -0.39 is 0 Å². The van der Waals surface area contributed by atoms with Crippen LogP contribution in [0.5, 0.6) is 0 Å². The van der Waals surface area contributed by atoms with Gasteiger partial charge in [-0.25, -0.2) is 0 Å². The lowest BCUT2D eigenvalue weighted by Crippen LogP contribution is -2.27. The first-order valence-corrected chi connectivity index (χ1v) is 3.49. The normalized spacial score (nSPS) is 24.4. The van der Waals surface area contributed by atoms with Crippen molar-refractivity contribution in [3.05, 3.63) is 36.6 Å². The number of rotatable bonds is 1. The smallest absolute Gasteiger partial charge is 0.0444 e. The third kappa shape index (κ3) is 1.13. The van der Waals surface area contributed by atoms with Gasteiger partial charge in [0.25, 0.3) is 0 Å². The van der Waals surface area contributed by atoms with Crippen LogP contribution in [0.3, 0.4) is 0 Å². The summed E-state index contributed by atoms with van der Waals surface area (Å²) >= 11 is 0. The van der Waals surface area contributed by atoms with Gasteiger partial charge in [0, 0.05) is 18.8 Å². The average molecular weight is 135 g/mol. The Hall–Kier alpha value is -0.980. The summed E-state index contributed by atoms with van der Waals surface area (Å²) in [7, 11) is 2.07. The summed E-state index contributed by atoms with van der Waals surface area (Å²) in [5, 5.41) is 0. The third-order valence-corrected chi connectivity index (χ3v) is 1.88. The van der Waals surface area contributed by atoms with Crippen LogP contribution < -0.4 is 0 Å². The fraction of sp³-hybridized carbons (Fsp3) is 0.333. The summed E-state index contributed by atoms with van der Waals surface area (Å²) in [6, 6.07) is 0.498. The molecule has 54 valence electrons. The van der Waals surface area contributed by atoms with E-state index in [2.05, 4.69) is 43.7 Å². The molecule has 1 heteroatoms. The van der Waals surface area contributed by atoms with E-state index in [4.69, 9.17) is 0 Å². The quantitative estimate of drug-likeness (QED) is 0.531. The van der Waals surface area contributed by atoms with Crippen molar-refractivity contribution in [1.82, 2.24) is 4.90 Å². The highest BCUT2D eigenvalue weighted by Gasteiger charge is 2.08. The van der Waals surface area contributed by atoms with Gasteiger partial charge >= 0.3 is 0 Å². The molecule has 1 unspecified atom stereocenters. The second-order valence-corrected chi connectivity index (χ2v) is 2.53. The molecule has 0 bridgehead atoms. The minimum Gasteiger partial charge on any atom is -0.368 e. The molecule has 0 aromatic heterocycles. The Balaban J connectivity index is 2.81. The van der Waals surface area contributed by atoms with E-state index in [0.717, 1.165) is 0 Å². The van der Waals surface area contributed by atoms with Gasteiger partial charge in [0.2, 0.25) is 0 Å². The van der Waals surface area contributed by atoms with Gasteiger partial charge < -0.3 is 4.90 Å². The molecule has 1 rings (SSSR count). The minimum absolute atomic E-state index is 0.498. The maximum absolute atomic E-state index is 3.73. The summed E-state index contributed by atoms with van der Waals surface area (Å²) in [5.41, 5.74) is 1.19. The van der Waals surface area contributed by atoms with Gasteiger partial charge in [-0.15, -0.1) is 0 Å². The van der Waals surface area contributed by atoms with Crippen LogP contribution in [-0.4, -0.2) is 18.0 Å². The summed E-state index contributed by atoms with van der Waals surface area (Å²) in [5.74, 6) is 0. The van der Waals surface area contributed by atoms with Gasteiger partial charge in [0.1, 0.15) is 0 Å². The van der Waals surface area contributed by atoms with Crippen LogP contribution in [0, 0.1) is 0 Å². The first kappa shape index (κ1) is 7.13. The van der Waals surface area contributed by atoms with Crippen molar-refractivity contribution in [2.75, 3.05) is 7.05 Å². The molecule has 0 saturated carbocycles. The molecule has 1 nitrogen and oxygen atoms in total. The Morgan fingerprint density at radius 1 is 1.70 bits per heavy atom. The summed E-state index contributed by atoms with van der Waals surface area (Å²) < 4.78 is 0. The van der Waals surface area contributed by atoms with Crippen molar-refractivity contribution in [2.45, 2.75) is 13.0 Å².